The predicted molar refractivity (Wildman–Crippen MR) is 104 cm³/mol. The molecule has 0 bridgehead atoms. The summed E-state index contributed by atoms with van der Waals surface area (Å²) in [4.78, 5) is 12.6. The summed E-state index contributed by atoms with van der Waals surface area (Å²) in [6, 6.07) is 8.96. The maximum atomic E-state index is 12.6. The predicted octanol–water partition coefficient (Wildman–Crippen LogP) is 4.29. The summed E-state index contributed by atoms with van der Waals surface area (Å²) >= 11 is 3.40. The molecule has 2 rings (SSSR count). The zero-order chi connectivity index (χ0) is 19.1. The van der Waals surface area contributed by atoms with E-state index in [0.29, 0.717) is 27.3 Å². The Hall–Kier alpha value is -2.67. The molecule has 0 aliphatic carbocycles. The Morgan fingerprint density at radius 2 is 1.62 bits per heavy atom. The van der Waals surface area contributed by atoms with E-state index in [4.69, 9.17) is 18.9 Å². The fourth-order valence-electron chi connectivity index (χ4n) is 2.29. The number of carbonyl (C=O) groups is 1. The van der Waals surface area contributed by atoms with Gasteiger partial charge in [0.25, 0.3) is 0 Å². The van der Waals surface area contributed by atoms with Crippen molar-refractivity contribution >= 4 is 27.4 Å². The van der Waals surface area contributed by atoms with Gasteiger partial charge in [-0.05, 0) is 46.3 Å². The summed E-state index contributed by atoms with van der Waals surface area (Å²) in [7, 11) is 6.11. The first kappa shape index (κ1) is 19.7. The third kappa shape index (κ3) is 4.29. The minimum atomic E-state index is -0.225. The summed E-state index contributed by atoms with van der Waals surface area (Å²) in [5.41, 5.74) is 1.23. The molecule has 7 heteroatoms. The van der Waals surface area contributed by atoms with Crippen LogP contribution in [0.25, 0.3) is 0 Å². The lowest BCUT2D eigenvalue weighted by molar-refractivity contribution is 0.104. The third-order valence-electron chi connectivity index (χ3n) is 3.61. The second kappa shape index (κ2) is 9.15. The van der Waals surface area contributed by atoms with Gasteiger partial charge in [0.05, 0.1) is 32.9 Å². The maximum absolute atomic E-state index is 12.6. The highest BCUT2D eigenvalue weighted by molar-refractivity contribution is 9.10. The summed E-state index contributed by atoms with van der Waals surface area (Å²) in [5, 5.41) is 3.04. The quantitative estimate of drug-likeness (QED) is 0.506. The lowest BCUT2D eigenvalue weighted by atomic mass is 10.1. The van der Waals surface area contributed by atoms with Crippen LogP contribution in [0.5, 0.6) is 23.0 Å². The van der Waals surface area contributed by atoms with Gasteiger partial charge in [-0.2, -0.15) is 0 Å². The van der Waals surface area contributed by atoms with Gasteiger partial charge in [-0.25, -0.2) is 0 Å². The summed E-state index contributed by atoms with van der Waals surface area (Å²) < 4.78 is 21.5. The number of benzene rings is 2. The van der Waals surface area contributed by atoms with Gasteiger partial charge in [0.2, 0.25) is 5.75 Å². The minimum Gasteiger partial charge on any atom is -0.497 e. The molecule has 1 N–H and O–H groups in total. The monoisotopic (exact) mass is 421 g/mol. The average molecular weight is 422 g/mol. The number of halogens is 1. The van der Waals surface area contributed by atoms with Crippen molar-refractivity contribution in [1.82, 2.24) is 0 Å². The van der Waals surface area contributed by atoms with E-state index in [1.807, 2.05) is 24.3 Å². The zero-order valence-corrected chi connectivity index (χ0v) is 16.5. The number of carbonyl (C=O) groups excluding carboxylic acids is 1. The number of ether oxygens (including phenoxy) is 4. The van der Waals surface area contributed by atoms with Crippen molar-refractivity contribution in [2.45, 2.75) is 0 Å². The minimum absolute atomic E-state index is 0.225. The smallest absolute Gasteiger partial charge is 0.204 e. The standard InChI is InChI=1S/C19H20BrNO5/c1-23-13-7-5-12(6-8-13)21-10-9-15(22)14-11-16(24-2)18(25-3)19(26-4)17(14)20/h5-11,21H,1-4H3/b10-9-. The van der Waals surface area contributed by atoms with Crippen molar-refractivity contribution in [3.8, 4) is 23.0 Å². The molecule has 0 amide bonds. The number of hydrogen-bond acceptors (Lipinski definition) is 6. The van der Waals surface area contributed by atoms with Crippen LogP contribution in [0.15, 0.2) is 47.1 Å². The summed E-state index contributed by atoms with van der Waals surface area (Å²) in [5.74, 6) is 1.76. The van der Waals surface area contributed by atoms with E-state index in [-0.39, 0.29) is 5.78 Å². The number of ketones is 1. The molecule has 0 radical (unpaired) electrons. The van der Waals surface area contributed by atoms with Crippen molar-refractivity contribution in [1.29, 1.82) is 0 Å². The highest BCUT2D eigenvalue weighted by atomic mass is 79.9. The highest BCUT2D eigenvalue weighted by Crippen LogP contribution is 2.44. The van der Waals surface area contributed by atoms with E-state index >= 15 is 0 Å². The van der Waals surface area contributed by atoms with Gasteiger partial charge in [-0.15, -0.1) is 0 Å². The second-order valence-corrected chi connectivity index (χ2v) is 5.87. The Bertz CT molecular complexity index is 803. The summed E-state index contributed by atoms with van der Waals surface area (Å²) in [6.07, 6.45) is 3.00. The molecule has 138 valence electrons. The molecule has 0 spiro atoms. The number of hydrogen-bond donors (Lipinski definition) is 1. The highest BCUT2D eigenvalue weighted by Gasteiger charge is 2.21. The number of anilines is 1. The van der Waals surface area contributed by atoms with Gasteiger partial charge in [0.1, 0.15) is 5.75 Å². The normalized spacial score (nSPS) is 10.5. The molecule has 2 aromatic rings. The molecule has 0 aliphatic rings. The number of methoxy groups -OCH3 is 4. The Balaban J connectivity index is 2.22. The average Bonchev–Trinajstić information content (AvgIpc) is 2.67. The lowest BCUT2D eigenvalue weighted by Gasteiger charge is -2.15. The van der Waals surface area contributed by atoms with Gasteiger partial charge < -0.3 is 24.3 Å². The van der Waals surface area contributed by atoms with Crippen molar-refractivity contribution < 1.29 is 23.7 Å². The van der Waals surface area contributed by atoms with Crippen LogP contribution in [0, 0.1) is 0 Å². The maximum Gasteiger partial charge on any atom is 0.204 e. The first-order chi connectivity index (χ1) is 12.5. The van der Waals surface area contributed by atoms with E-state index in [9.17, 15) is 4.79 Å². The van der Waals surface area contributed by atoms with Crippen LogP contribution in [0.1, 0.15) is 10.4 Å². The zero-order valence-electron chi connectivity index (χ0n) is 15.0. The largest absolute Gasteiger partial charge is 0.497 e. The number of nitrogens with one attached hydrogen (secondary N) is 1. The molecule has 2 aromatic carbocycles. The molecule has 0 aliphatic heterocycles. The van der Waals surface area contributed by atoms with E-state index in [1.54, 1.807) is 19.4 Å². The van der Waals surface area contributed by atoms with E-state index in [1.165, 1.54) is 27.4 Å². The van der Waals surface area contributed by atoms with E-state index in [0.717, 1.165) is 11.4 Å². The van der Waals surface area contributed by atoms with Gasteiger partial charge >= 0.3 is 0 Å². The van der Waals surface area contributed by atoms with Gasteiger partial charge in [-0.1, -0.05) is 0 Å². The molecule has 26 heavy (non-hydrogen) atoms. The first-order valence-electron chi connectivity index (χ1n) is 7.65. The van der Waals surface area contributed by atoms with Crippen LogP contribution in [0.4, 0.5) is 5.69 Å². The van der Waals surface area contributed by atoms with Crippen molar-refractivity contribution in [3.63, 3.8) is 0 Å². The van der Waals surface area contributed by atoms with Gasteiger partial charge in [0.15, 0.2) is 17.3 Å². The van der Waals surface area contributed by atoms with E-state index in [2.05, 4.69) is 21.2 Å². The Morgan fingerprint density at radius 1 is 0.962 bits per heavy atom. The number of allylic oxidation sites excluding steroid dienone is 1. The lowest BCUT2D eigenvalue weighted by Crippen LogP contribution is -2.03. The van der Waals surface area contributed by atoms with Crippen molar-refractivity contribution in [2.75, 3.05) is 33.8 Å². The molecule has 0 saturated heterocycles. The van der Waals surface area contributed by atoms with E-state index < -0.39 is 0 Å². The second-order valence-electron chi connectivity index (χ2n) is 5.08. The molecule has 0 aromatic heterocycles. The van der Waals surface area contributed by atoms with Gasteiger partial charge in [-0.3, -0.25) is 4.79 Å². The number of rotatable bonds is 8. The summed E-state index contributed by atoms with van der Waals surface area (Å²) in [6.45, 7) is 0. The Labute approximate surface area is 160 Å². The molecular weight excluding hydrogens is 402 g/mol. The van der Waals surface area contributed by atoms with Crippen LogP contribution < -0.4 is 24.3 Å². The topological polar surface area (TPSA) is 66.0 Å². The van der Waals surface area contributed by atoms with Crippen molar-refractivity contribution in [2.24, 2.45) is 0 Å². The third-order valence-corrected chi connectivity index (χ3v) is 4.40. The van der Waals surface area contributed by atoms with Crippen LogP contribution in [0.3, 0.4) is 0 Å². The Morgan fingerprint density at radius 3 is 2.15 bits per heavy atom. The van der Waals surface area contributed by atoms with Crippen molar-refractivity contribution in [3.05, 3.63) is 52.6 Å². The van der Waals surface area contributed by atoms with Crippen LogP contribution in [-0.4, -0.2) is 34.2 Å². The molecular formula is C19H20BrNO5. The fraction of sp³-hybridized carbons (Fsp3) is 0.211. The first-order valence-corrected chi connectivity index (χ1v) is 8.44. The van der Waals surface area contributed by atoms with Crippen LogP contribution >= 0.6 is 15.9 Å². The molecule has 0 saturated carbocycles. The van der Waals surface area contributed by atoms with Gasteiger partial charge in [0, 0.05) is 23.5 Å². The molecule has 0 unspecified atom stereocenters. The molecule has 6 nitrogen and oxygen atoms in total. The van der Waals surface area contributed by atoms with Crippen LogP contribution in [-0.2, 0) is 0 Å². The SMILES string of the molecule is COc1ccc(N/C=C\C(=O)c2cc(OC)c(OC)c(OC)c2Br)cc1. The molecule has 0 atom stereocenters. The molecule has 0 fully saturated rings. The molecule has 0 heterocycles. The Kier molecular flexibility index (Phi) is 6.91. The van der Waals surface area contributed by atoms with Crippen LogP contribution in [0.2, 0.25) is 0 Å². The fourth-order valence-corrected chi connectivity index (χ4v) is 2.94.